The molecular formula is C76H92N4O4-4. The fourth-order valence-corrected chi connectivity index (χ4v) is 16.7. The molecule has 0 bridgehead atoms. The average molecular weight is 1130 g/mol. The maximum absolute atomic E-state index is 13.9. The van der Waals surface area contributed by atoms with Crippen molar-refractivity contribution in [3.63, 3.8) is 0 Å². The minimum absolute atomic E-state index is 0.469. The van der Waals surface area contributed by atoms with Crippen LogP contribution in [0.3, 0.4) is 0 Å². The zero-order valence-corrected chi connectivity index (χ0v) is 55.2. The highest BCUT2D eigenvalue weighted by molar-refractivity contribution is 6.03. The van der Waals surface area contributed by atoms with Crippen LogP contribution in [0, 0.1) is 162 Å². The molecule has 0 amide bonds. The second kappa shape index (κ2) is 20.8. The van der Waals surface area contributed by atoms with E-state index in [1.165, 1.54) is 178 Å². The molecule has 2 saturated carbocycles. The number of aryl methyl sites for hydroxylation is 6. The molecule has 0 radical (unpaired) electrons. The average Bonchev–Trinajstić information content (AvgIpc) is 1.93. The zero-order chi connectivity index (χ0) is 61.4. The van der Waals surface area contributed by atoms with Crippen molar-refractivity contribution in [3.05, 3.63) is 181 Å². The first-order valence-corrected chi connectivity index (χ1v) is 31.0. The molecule has 2 aliphatic carbocycles. The summed E-state index contributed by atoms with van der Waals surface area (Å²) in [4.78, 5) is 8.95. The third kappa shape index (κ3) is 8.33. The molecule has 444 valence electrons. The van der Waals surface area contributed by atoms with Crippen LogP contribution in [0.4, 0.5) is 22.7 Å². The Hall–Kier alpha value is -6.16. The lowest BCUT2D eigenvalue weighted by molar-refractivity contribution is -0.550. The van der Waals surface area contributed by atoms with Crippen LogP contribution >= 0.6 is 0 Å². The van der Waals surface area contributed by atoms with Gasteiger partial charge in [0, 0.05) is 99.4 Å². The molecule has 0 unspecified atom stereocenters. The van der Waals surface area contributed by atoms with E-state index < -0.39 is 48.1 Å². The molecule has 0 saturated heterocycles. The van der Waals surface area contributed by atoms with E-state index in [0.29, 0.717) is 0 Å². The van der Waals surface area contributed by atoms with Crippen LogP contribution in [0.5, 0.6) is 0 Å². The van der Waals surface area contributed by atoms with Gasteiger partial charge >= 0.3 is 0 Å². The lowest BCUT2D eigenvalue weighted by Gasteiger charge is -2.59. The predicted molar refractivity (Wildman–Crippen MR) is 345 cm³/mol. The molecule has 6 aromatic rings. The maximum atomic E-state index is 13.9. The van der Waals surface area contributed by atoms with Crippen molar-refractivity contribution < 1.29 is 20.4 Å². The first kappa shape index (κ1) is 59.6. The van der Waals surface area contributed by atoms with E-state index in [9.17, 15) is 20.4 Å². The van der Waals surface area contributed by atoms with Gasteiger partial charge in [0.1, 0.15) is 0 Å². The van der Waals surface area contributed by atoms with Gasteiger partial charge < -0.3 is 40.0 Å². The minimum Gasteiger partial charge on any atom is -0.851 e. The number of anilines is 4. The highest BCUT2D eigenvalue weighted by Gasteiger charge is 2.40. The Balaban J connectivity index is 0.000000183. The number of nitrogens with zero attached hydrogens (tertiary/aromatic N) is 4. The van der Waals surface area contributed by atoms with Crippen LogP contribution in [-0.2, 0) is 25.7 Å². The molecule has 12 rings (SSSR count). The SMILES string of the molecule is Cc1c(C)c(C)c2c(c1C)CC(=CC1C([O-])C(C=C3Cc4c(C)c(C)c(C)c(C)c4N3C)C1[O-])N2C.Cc1c(C)c(C)c2c3c(c(C)c(C)c2c1C)N(C)C(=CC1C([O-])C(C=C2Cc4c(c(C)c(C)c5c(C)c(C)c(C)c(C)c45)N2C)C1[O-])C3. The van der Waals surface area contributed by atoms with E-state index in [1.54, 1.807) is 0 Å². The van der Waals surface area contributed by atoms with Gasteiger partial charge in [-0.1, -0.05) is 24.3 Å². The molecule has 0 spiro atoms. The lowest BCUT2D eigenvalue weighted by atomic mass is 9.68. The first-order valence-electron chi connectivity index (χ1n) is 31.0. The fourth-order valence-electron chi connectivity index (χ4n) is 16.7. The van der Waals surface area contributed by atoms with Gasteiger partial charge in [0.2, 0.25) is 0 Å². The standard InChI is InChI=1S/C44H52N2O2.C32H40N2O2/c1-19-21(3)25(7)39-33-15-31(45(13)41(33)29(11)27(9)37(39)23(19)5)17-35-43(47)36(44(35)48)18-32-16-34-40-26(8)22(4)20(2)24(6)38(40)28(10)30(12)42(34)46(32)14;1-15-17(3)21(7)29-25(19(15)5)11-23(33(29)9)13-27-31(35)28(32(27)36)14-24-12-26-20(6)16(2)18(4)22(8)30(26)34(24)10/h17-18,35-36,43-44H,15-16H2,1-14H3;13-14,27-28,31-32H,11-12H2,1-10H3/q2*-2. The van der Waals surface area contributed by atoms with Gasteiger partial charge in [-0.15, -0.1) is 24.4 Å². The number of hydrogen-bond acceptors (Lipinski definition) is 8. The second-order valence-electron chi connectivity index (χ2n) is 27.1. The molecule has 6 aromatic carbocycles. The third-order valence-electron chi connectivity index (χ3n) is 23.8. The molecule has 8 nitrogen and oxygen atoms in total. The summed E-state index contributed by atoms with van der Waals surface area (Å²) in [6, 6.07) is 0. The Bertz CT molecular complexity index is 3760. The zero-order valence-electron chi connectivity index (χ0n) is 55.2. The predicted octanol–water partition coefficient (Wildman–Crippen LogP) is 12.2. The molecule has 4 heterocycles. The van der Waals surface area contributed by atoms with Crippen LogP contribution in [0.1, 0.15) is 134 Å². The second-order valence-corrected chi connectivity index (χ2v) is 27.1. The van der Waals surface area contributed by atoms with Gasteiger partial charge in [0.15, 0.2) is 0 Å². The number of likely N-dealkylation sites (N-methyl/N-ethyl adjacent to an activating group) is 4. The Morgan fingerprint density at radius 3 is 0.679 bits per heavy atom. The van der Waals surface area contributed by atoms with Gasteiger partial charge in [0.05, 0.1) is 0 Å². The van der Waals surface area contributed by atoms with E-state index in [-0.39, 0.29) is 0 Å². The summed E-state index contributed by atoms with van der Waals surface area (Å²) in [6.07, 6.45) is 7.55. The van der Waals surface area contributed by atoms with Gasteiger partial charge in [0.25, 0.3) is 0 Å². The van der Waals surface area contributed by atoms with E-state index in [0.717, 1.165) is 48.5 Å². The molecule has 4 aliphatic heterocycles. The Morgan fingerprint density at radius 2 is 0.417 bits per heavy atom. The number of fused-ring (bicyclic) bond motifs is 8. The number of allylic oxidation sites excluding steroid dienone is 4. The first-order chi connectivity index (χ1) is 39.4. The van der Waals surface area contributed by atoms with Crippen molar-refractivity contribution in [3.8, 4) is 0 Å². The van der Waals surface area contributed by atoms with Crippen molar-refractivity contribution >= 4 is 44.3 Å². The molecular weight excluding hydrogens is 1030 g/mol. The molecule has 0 atom stereocenters. The van der Waals surface area contributed by atoms with E-state index in [4.69, 9.17) is 0 Å². The summed E-state index contributed by atoms with van der Waals surface area (Å²) < 4.78 is 0. The monoisotopic (exact) mass is 1120 g/mol. The van der Waals surface area contributed by atoms with Crippen LogP contribution in [-0.4, -0.2) is 52.6 Å². The quantitative estimate of drug-likeness (QED) is 0.172. The number of rotatable bonds is 4. The van der Waals surface area contributed by atoms with Crippen LogP contribution in [0.2, 0.25) is 0 Å². The van der Waals surface area contributed by atoms with Gasteiger partial charge in [-0.3, -0.25) is 0 Å². The molecule has 2 fully saturated rings. The van der Waals surface area contributed by atoms with Gasteiger partial charge in [-0.05, 0) is 317 Å². The molecule has 8 heteroatoms. The Kier molecular flexibility index (Phi) is 14.7. The normalized spacial score (nSPS) is 25.2. The summed E-state index contributed by atoms with van der Waals surface area (Å²) >= 11 is 0. The van der Waals surface area contributed by atoms with Crippen LogP contribution in [0.15, 0.2) is 47.1 Å². The summed E-state index contributed by atoms with van der Waals surface area (Å²) in [5.74, 6) is -1.98. The van der Waals surface area contributed by atoms with Crippen molar-refractivity contribution in [2.24, 2.45) is 23.7 Å². The lowest BCUT2D eigenvalue weighted by Crippen LogP contribution is -2.66. The van der Waals surface area contributed by atoms with Gasteiger partial charge in [-0.2, -0.15) is 0 Å². The Labute approximate surface area is 502 Å². The Morgan fingerprint density at radius 1 is 0.238 bits per heavy atom. The van der Waals surface area contributed by atoms with Crippen molar-refractivity contribution in [1.82, 2.24) is 0 Å². The molecule has 84 heavy (non-hydrogen) atoms. The van der Waals surface area contributed by atoms with Crippen molar-refractivity contribution in [1.29, 1.82) is 0 Å². The van der Waals surface area contributed by atoms with Crippen LogP contribution in [0.25, 0.3) is 21.5 Å². The maximum Gasteiger partial charge on any atom is 0.0481 e. The van der Waals surface area contributed by atoms with Crippen molar-refractivity contribution in [2.45, 2.75) is 189 Å². The topological polar surface area (TPSA) is 105 Å². The number of hydrogen-bond donors (Lipinski definition) is 0. The highest BCUT2D eigenvalue weighted by Crippen LogP contribution is 2.51. The third-order valence-corrected chi connectivity index (χ3v) is 23.8. The highest BCUT2D eigenvalue weighted by atomic mass is 16.3. The molecule has 0 aromatic heterocycles. The summed E-state index contributed by atoms with van der Waals surface area (Å²) in [6.45, 7) is 44.4. The molecule has 0 N–H and O–H groups in total. The van der Waals surface area contributed by atoms with Crippen LogP contribution < -0.4 is 40.0 Å². The van der Waals surface area contributed by atoms with E-state index in [2.05, 4.69) is 186 Å². The summed E-state index contributed by atoms with van der Waals surface area (Å²) in [5, 5.41) is 59.9. The van der Waals surface area contributed by atoms with E-state index in [1.807, 2.05) is 24.3 Å². The minimum atomic E-state index is -0.941. The largest absolute Gasteiger partial charge is 0.851 e. The summed E-state index contributed by atoms with van der Waals surface area (Å²) in [7, 11) is 8.39. The van der Waals surface area contributed by atoms with E-state index >= 15 is 0 Å². The fraction of sp³-hybridized carbons (Fsp3) is 0.474. The molecule has 6 aliphatic rings. The van der Waals surface area contributed by atoms with Gasteiger partial charge in [-0.25, -0.2) is 0 Å². The smallest absolute Gasteiger partial charge is 0.0481 e. The summed E-state index contributed by atoms with van der Waals surface area (Å²) in [5.41, 5.74) is 41.5. The van der Waals surface area contributed by atoms with Crippen molar-refractivity contribution in [2.75, 3.05) is 47.8 Å². The number of benzene rings is 6.